The van der Waals surface area contributed by atoms with Crippen LogP contribution in [-0.2, 0) is 0 Å². The number of nitrogen functional groups attached to an aromatic ring is 1. The van der Waals surface area contributed by atoms with Crippen molar-refractivity contribution in [3.05, 3.63) is 53.6 Å². The van der Waals surface area contributed by atoms with Crippen molar-refractivity contribution >= 4 is 17.4 Å². The maximum Gasteiger partial charge on any atom is 0.122 e. The minimum Gasteiger partial charge on any atom is -0.492 e. The largest absolute Gasteiger partial charge is 0.492 e. The molecule has 0 fully saturated rings. The molecule has 0 atom stereocenters. The Morgan fingerprint density at radius 3 is 2.68 bits per heavy atom. The summed E-state index contributed by atoms with van der Waals surface area (Å²) in [5, 5.41) is 0. The van der Waals surface area contributed by atoms with Crippen molar-refractivity contribution in [3.63, 3.8) is 0 Å². The average Bonchev–Trinajstić information content (AvgIpc) is 2.40. The molecule has 100 valence electrons. The Morgan fingerprint density at radius 1 is 1.11 bits per heavy atom. The van der Waals surface area contributed by atoms with Crippen molar-refractivity contribution in [1.29, 1.82) is 0 Å². The predicted molar refractivity (Wildman–Crippen MR) is 83.0 cm³/mol. The molecule has 2 aromatic rings. The first kappa shape index (κ1) is 13.8. The second-order valence-corrected chi connectivity index (χ2v) is 5.64. The number of benzene rings is 2. The maximum atomic E-state index is 5.95. The topological polar surface area (TPSA) is 35.2 Å². The first-order valence-electron chi connectivity index (χ1n) is 6.34. The molecule has 0 bridgehead atoms. The zero-order valence-corrected chi connectivity index (χ0v) is 12.2. The molecule has 0 spiro atoms. The Labute approximate surface area is 119 Å². The van der Waals surface area contributed by atoms with Crippen LogP contribution in [-0.4, -0.2) is 12.4 Å². The molecule has 0 unspecified atom stereocenters. The number of thioether (sulfide) groups is 1. The zero-order valence-electron chi connectivity index (χ0n) is 11.3. The third kappa shape index (κ3) is 3.93. The number of aryl methyl sites for hydroxylation is 2. The van der Waals surface area contributed by atoms with Crippen LogP contribution in [0.2, 0.25) is 0 Å². The van der Waals surface area contributed by atoms with E-state index in [1.807, 2.05) is 30.3 Å². The van der Waals surface area contributed by atoms with Crippen molar-refractivity contribution in [2.45, 2.75) is 18.7 Å². The van der Waals surface area contributed by atoms with Crippen molar-refractivity contribution in [1.82, 2.24) is 0 Å². The van der Waals surface area contributed by atoms with Gasteiger partial charge in [-0.2, -0.15) is 0 Å². The molecule has 0 saturated heterocycles. The maximum absolute atomic E-state index is 5.95. The van der Waals surface area contributed by atoms with Gasteiger partial charge in [-0.25, -0.2) is 0 Å². The normalized spacial score (nSPS) is 10.4. The summed E-state index contributed by atoms with van der Waals surface area (Å²) in [4.78, 5) is 1.13. The van der Waals surface area contributed by atoms with Crippen LogP contribution in [0.3, 0.4) is 0 Å². The van der Waals surface area contributed by atoms with Crippen LogP contribution in [0.15, 0.2) is 47.4 Å². The predicted octanol–water partition coefficient (Wildman–Crippen LogP) is 4.06. The number of rotatable bonds is 5. The lowest BCUT2D eigenvalue weighted by Crippen LogP contribution is -2.01. The SMILES string of the molecule is Cc1ccc(N)c(SCCOc2ccccc2C)c1. The van der Waals surface area contributed by atoms with Gasteiger partial charge in [-0.05, 0) is 43.2 Å². The van der Waals surface area contributed by atoms with E-state index in [9.17, 15) is 0 Å². The van der Waals surface area contributed by atoms with Gasteiger partial charge in [-0.3, -0.25) is 0 Å². The summed E-state index contributed by atoms with van der Waals surface area (Å²) in [6.45, 7) is 4.82. The third-order valence-electron chi connectivity index (χ3n) is 2.86. The monoisotopic (exact) mass is 273 g/mol. The third-order valence-corrected chi connectivity index (χ3v) is 3.90. The molecular formula is C16H19NOS. The molecule has 0 aromatic heterocycles. The highest BCUT2D eigenvalue weighted by Gasteiger charge is 2.01. The number of ether oxygens (including phenoxy) is 1. The molecule has 2 rings (SSSR count). The van der Waals surface area contributed by atoms with E-state index >= 15 is 0 Å². The van der Waals surface area contributed by atoms with E-state index in [-0.39, 0.29) is 0 Å². The number of para-hydroxylation sites is 1. The summed E-state index contributed by atoms with van der Waals surface area (Å²) >= 11 is 1.74. The van der Waals surface area contributed by atoms with Crippen molar-refractivity contribution in [2.24, 2.45) is 0 Å². The standard InChI is InChI=1S/C16H19NOS/c1-12-7-8-14(17)16(11-12)19-10-9-18-15-6-4-3-5-13(15)2/h3-8,11H,9-10,17H2,1-2H3. The van der Waals surface area contributed by atoms with Crippen LogP contribution in [0.25, 0.3) is 0 Å². The molecular weight excluding hydrogens is 254 g/mol. The second kappa shape index (κ2) is 6.53. The van der Waals surface area contributed by atoms with E-state index in [1.54, 1.807) is 11.8 Å². The summed E-state index contributed by atoms with van der Waals surface area (Å²) in [6.07, 6.45) is 0. The minimum absolute atomic E-state index is 0.683. The van der Waals surface area contributed by atoms with E-state index in [1.165, 1.54) is 11.1 Å². The molecule has 0 amide bonds. The van der Waals surface area contributed by atoms with Gasteiger partial charge in [0.1, 0.15) is 5.75 Å². The highest BCUT2D eigenvalue weighted by molar-refractivity contribution is 7.99. The highest BCUT2D eigenvalue weighted by Crippen LogP contribution is 2.26. The molecule has 2 nitrogen and oxygen atoms in total. The average molecular weight is 273 g/mol. The molecule has 2 N–H and O–H groups in total. The molecule has 0 radical (unpaired) electrons. The zero-order chi connectivity index (χ0) is 13.7. The summed E-state index contributed by atoms with van der Waals surface area (Å²) in [5.41, 5.74) is 9.19. The fourth-order valence-corrected chi connectivity index (χ4v) is 2.68. The van der Waals surface area contributed by atoms with Gasteiger partial charge in [0.15, 0.2) is 0 Å². The Morgan fingerprint density at radius 2 is 1.89 bits per heavy atom. The van der Waals surface area contributed by atoms with Gasteiger partial charge in [0.2, 0.25) is 0 Å². The molecule has 0 saturated carbocycles. The van der Waals surface area contributed by atoms with Crippen LogP contribution >= 0.6 is 11.8 Å². The van der Waals surface area contributed by atoms with Gasteiger partial charge in [0.25, 0.3) is 0 Å². The van der Waals surface area contributed by atoms with Gasteiger partial charge in [-0.1, -0.05) is 24.3 Å². The molecule has 0 aliphatic heterocycles. The fourth-order valence-electron chi connectivity index (χ4n) is 1.79. The van der Waals surface area contributed by atoms with E-state index in [4.69, 9.17) is 10.5 Å². The molecule has 19 heavy (non-hydrogen) atoms. The van der Waals surface area contributed by atoms with Gasteiger partial charge < -0.3 is 10.5 Å². The highest BCUT2D eigenvalue weighted by atomic mass is 32.2. The Bertz CT molecular complexity index is 554. The van der Waals surface area contributed by atoms with Crippen LogP contribution in [0, 0.1) is 13.8 Å². The number of hydrogen-bond acceptors (Lipinski definition) is 3. The molecule has 0 heterocycles. The summed E-state index contributed by atoms with van der Waals surface area (Å²) < 4.78 is 5.77. The Kier molecular flexibility index (Phi) is 4.74. The van der Waals surface area contributed by atoms with Gasteiger partial charge in [0, 0.05) is 16.3 Å². The fraction of sp³-hybridized carbons (Fsp3) is 0.250. The molecule has 2 aromatic carbocycles. The van der Waals surface area contributed by atoms with Crippen molar-refractivity contribution < 1.29 is 4.74 Å². The lowest BCUT2D eigenvalue weighted by Gasteiger charge is -2.09. The lowest BCUT2D eigenvalue weighted by atomic mass is 10.2. The minimum atomic E-state index is 0.683. The quantitative estimate of drug-likeness (QED) is 0.507. The van der Waals surface area contributed by atoms with Crippen molar-refractivity contribution in [3.8, 4) is 5.75 Å². The van der Waals surface area contributed by atoms with Gasteiger partial charge in [0.05, 0.1) is 6.61 Å². The summed E-state index contributed by atoms with van der Waals surface area (Å²) in [6, 6.07) is 14.2. The van der Waals surface area contributed by atoms with Crippen LogP contribution in [0.5, 0.6) is 5.75 Å². The molecule has 3 heteroatoms. The lowest BCUT2D eigenvalue weighted by molar-refractivity contribution is 0.341. The van der Waals surface area contributed by atoms with E-state index in [0.29, 0.717) is 6.61 Å². The number of anilines is 1. The van der Waals surface area contributed by atoms with Gasteiger partial charge >= 0.3 is 0 Å². The van der Waals surface area contributed by atoms with Gasteiger partial charge in [-0.15, -0.1) is 11.8 Å². The number of hydrogen-bond donors (Lipinski definition) is 1. The van der Waals surface area contributed by atoms with Crippen LogP contribution < -0.4 is 10.5 Å². The first-order valence-corrected chi connectivity index (χ1v) is 7.33. The Balaban J connectivity index is 1.84. The first-order chi connectivity index (χ1) is 9.16. The van der Waals surface area contributed by atoms with Crippen LogP contribution in [0.1, 0.15) is 11.1 Å². The number of nitrogens with two attached hydrogens (primary N) is 1. The summed E-state index contributed by atoms with van der Waals surface area (Å²) in [7, 11) is 0. The molecule has 0 aliphatic rings. The summed E-state index contributed by atoms with van der Waals surface area (Å²) in [5.74, 6) is 1.85. The van der Waals surface area contributed by atoms with E-state index < -0.39 is 0 Å². The van der Waals surface area contributed by atoms with Crippen molar-refractivity contribution in [2.75, 3.05) is 18.1 Å². The van der Waals surface area contributed by atoms with E-state index in [2.05, 4.69) is 26.0 Å². The Hall–Kier alpha value is -1.61. The smallest absolute Gasteiger partial charge is 0.122 e. The second-order valence-electron chi connectivity index (χ2n) is 4.50. The van der Waals surface area contributed by atoms with Crippen LogP contribution in [0.4, 0.5) is 5.69 Å². The molecule has 0 aliphatic carbocycles. The van der Waals surface area contributed by atoms with E-state index in [0.717, 1.165) is 22.1 Å².